The van der Waals surface area contributed by atoms with E-state index in [0.717, 1.165) is 41.4 Å². The summed E-state index contributed by atoms with van der Waals surface area (Å²) in [6.07, 6.45) is 4.37. The van der Waals surface area contributed by atoms with E-state index in [9.17, 15) is 5.26 Å². The first-order valence-electron chi connectivity index (χ1n) is 6.30. The molecule has 0 radical (unpaired) electrons. The molecule has 1 saturated carbocycles. The Kier molecular flexibility index (Phi) is 4.26. The lowest BCUT2D eigenvalue weighted by molar-refractivity contribution is 0.385. The highest BCUT2D eigenvalue weighted by Crippen LogP contribution is 2.29. The zero-order valence-corrected chi connectivity index (χ0v) is 12.2. The normalized spacial score (nSPS) is 23.4. The smallest absolute Gasteiger partial charge is 0.101 e. The van der Waals surface area contributed by atoms with Crippen LogP contribution in [0, 0.1) is 11.3 Å². The van der Waals surface area contributed by atoms with Gasteiger partial charge >= 0.3 is 0 Å². The van der Waals surface area contributed by atoms with Crippen molar-refractivity contribution in [1.29, 1.82) is 5.26 Å². The Morgan fingerprint density at radius 1 is 1.33 bits per heavy atom. The molecule has 0 atom stereocenters. The maximum absolute atomic E-state index is 9.21. The molecule has 1 aliphatic rings. The number of nitrogens with zero attached hydrogens (tertiary/aromatic N) is 2. The second-order valence-corrected chi connectivity index (χ2v) is 5.87. The van der Waals surface area contributed by atoms with Crippen molar-refractivity contribution in [3.63, 3.8) is 0 Å². The number of benzene rings is 1. The summed E-state index contributed by atoms with van der Waals surface area (Å²) < 4.78 is 0.946. The average molecular weight is 308 g/mol. The van der Waals surface area contributed by atoms with Gasteiger partial charge in [0.15, 0.2) is 0 Å². The number of anilines is 1. The Morgan fingerprint density at radius 2 is 2.00 bits per heavy atom. The number of nitrogens with two attached hydrogens (primary N) is 1. The molecule has 1 aliphatic carbocycles. The highest BCUT2D eigenvalue weighted by Gasteiger charge is 2.23. The zero-order chi connectivity index (χ0) is 13.1. The van der Waals surface area contributed by atoms with E-state index >= 15 is 0 Å². The summed E-state index contributed by atoms with van der Waals surface area (Å²) in [7, 11) is 2.07. The molecular weight excluding hydrogens is 290 g/mol. The molecule has 1 aromatic carbocycles. The molecule has 3 nitrogen and oxygen atoms in total. The third-order valence-electron chi connectivity index (χ3n) is 3.75. The third-order valence-corrected chi connectivity index (χ3v) is 4.24. The Bertz CT molecular complexity index is 459. The van der Waals surface area contributed by atoms with Gasteiger partial charge in [0.2, 0.25) is 0 Å². The van der Waals surface area contributed by atoms with Crippen molar-refractivity contribution < 1.29 is 0 Å². The van der Waals surface area contributed by atoms with Crippen molar-refractivity contribution in [2.24, 2.45) is 5.73 Å². The molecule has 1 fully saturated rings. The van der Waals surface area contributed by atoms with Gasteiger partial charge in [0, 0.05) is 23.6 Å². The SMILES string of the molecule is CN(c1ccc(Br)cc1C#N)C1CCC(N)CC1. The highest BCUT2D eigenvalue weighted by molar-refractivity contribution is 9.10. The van der Waals surface area contributed by atoms with E-state index in [1.807, 2.05) is 18.2 Å². The van der Waals surface area contributed by atoms with Crippen LogP contribution in [0.1, 0.15) is 31.2 Å². The van der Waals surface area contributed by atoms with Gasteiger partial charge in [-0.15, -0.1) is 0 Å². The Hall–Kier alpha value is -1.05. The lowest BCUT2D eigenvalue weighted by Crippen LogP contribution is -2.39. The summed E-state index contributed by atoms with van der Waals surface area (Å²) in [4.78, 5) is 2.23. The first-order chi connectivity index (χ1) is 8.61. The van der Waals surface area contributed by atoms with E-state index in [0.29, 0.717) is 12.1 Å². The van der Waals surface area contributed by atoms with Crippen LogP contribution in [0.3, 0.4) is 0 Å². The van der Waals surface area contributed by atoms with Crippen LogP contribution >= 0.6 is 15.9 Å². The summed E-state index contributed by atoms with van der Waals surface area (Å²) in [5.74, 6) is 0. The predicted octanol–water partition coefficient (Wildman–Crippen LogP) is 3.03. The van der Waals surface area contributed by atoms with Gasteiger partial charge in [0.25, 0.3) is 0 Å². The molecule has 0 aromatic heterocycles. The summed E-state index contributed by atoms with van der Waals surface area (Å²) in [6, 6.07) is 9.00. The predicted molar refractivity (Wildman–Crippen MR) is 77.5 cm³/mol. The van der Waals surface area contributed by atoms with E-state index in [1.165, 1.54) is 0 Å². The standard InChI is InChI=1S/C14H18BrN3/c1-18(13-5-3-12(17)4-6-13)14-7-2-11(15)8-10(14)9-16/h2,7-8,12-13H,3-6,17H2,1H3. The average Bonchev–Trinajstić information content (AvgIpc) is 2.38. The van der Waals surface area contributed by atoms with Crippen LogP contribution in [-0.2, 0) is 0 Å². The Balaban J connectivity index is 2.18. The second-order valence-electron chi connectivity index (χ2n) is 4.95. The molecule has 18 heavy (non-hydrogen) atoms. The molecule has 1 aromatic rings. The lowest BCUT2D eigenvalue weighted by Gasteiger charge is -2.35. The van der Waals surface area contributed by atoms with Crippen LogP contribution in [-0.4, -0.2) is 19.1 Å². The van der Waals surface area contributed by atoms with Gasteiger partial charge < -0.3 is 10.6 Å². The van der Waals surface area contributed by atoms with Crippen LogP contribution in [0.2, 0.25) is 0 Å². The van der Waals surface area contributed by atoms with Crippen LogP contribution in [0.4, 0.5) is 5.69 Å². The van der Waals surface area contributed by atoms with Gasteiger partial charge in [-0.1, -0.05) is 15.9 Å². The molecule has 4 heteroatoms. The first-order valence-corrected chi connectivity index (χ1v) is 7.09. The van der Waals surface area contributed by atoms with Crippen molar-refractivity contribution in [1.82, 2.24) is 0 Å². The molecule has 96 valence electrons. The van der Waals surface area contributed by atoms with E-state index in [2.05, 4.69) is 33.9 Å². The molecule has 0 heterocycles. The maximum Gasteiger partial charge on any atom is 0.101 e. The van der Waals surface area contributed by atoms with Gasteiger partial charge in [0.1, 0.15) is 6.07 Å². The van der Waals surface area contributed by atoms with Crippen molar-refractivity contribution >= 4 is 21.6 Å². The van der Waals surface area contributed by atoms with Gasteiger partial charge in [-0.05, 0) is 43.9 Å². The summed E-state index contributed by atoms with van der Waals surface area (Å²) in [5.41, 5.74) is 7.67. The van der Waals surface area contributed by atoms with Gasteiger partial charge in [-0.3, -0.25) is 0 Å². The van der Waals surface area contributed by atoms with Crippen molar-refractivity contribution in [2.75, 3.05) is 11.9 Å². The third kappa shape index (κ3) is 2.85. The van der Waals surface area contributed by atoms with Gasteiger partial charge in [0.05, 0.1) is 11.3 Å². The minimum Gasteiger partial charge on any atom is -0.371 e. The Morgan fingerprint density at radius 3 is 2.61 bits per heavy atom. The van der Waals surface area contributed by atoms with Crippen molar-refractivity contribution in [2.45, 2.75) is 37.8 Å². The fourth-order valence-corrected chi connectivity index (χ4v) is 2.95. The van der Waals surface area contributed by atoms with Crippen LogP contribution in [0.15, 0.2) is 22.7 Å². The first kappa shape index (κ1) is 13.4. The summed E-state index contributed by atoms with van der Waals surface area (Å²) >= 11 is 3.40. The van der Waals surface area contributed by atoms with Crippen LogP contribution in [0.5, 0.6) is 0 Å². The molecular formula is C14H18BrN3. The summed E-state index contributed by atoms with van der Waals surface area (Å²) in [6.45, 7) is 0. The quantitative estimate of drug-likeness (QED) is 0.913. The van der Waals surface area contributed by atoms with Crippen LogP contribution < -0.4 is 10.6 Å². The number of hydrogen-bond acceptors (Lipinski definition) is 3. The number of halogens is 1. The van der Waals surface area contributed by atoms with E-state index in [-0.39, 0.29) is 0 Å². The number of nitriles is 1. The molecule has 0 bridgehead atoms. The molecule has 2 rings (SSSR count). The minimum atomic E-state index is 0.356. The second kappa shape index (κ2) is 5.73. The fraction of sp³-hybridized carbons (Fsp3) is 0.500. The van der Waals surface area contributed by atoms with Crippen LogP contribution in [0.25, 0.3) is 0 Å². The fourth-order valence-electron chi connectivity index (χ4n) is 2.59. The number of hydrogen-bond donors (Lipinski definition) is 1. The molecule has 0 unspecified atom stereocenters. The van der Waals surface area contributed by atoms with Crippen molar-refractivity contribution in [3.8, 4) is 6.07 Å². The van der Waals surface area contributed by atoms with Gasteiger partial charge in [-0.2, -0.15) is 5.26 Å². The molecule has 2 N–H and O–H groups in total. The monoisotopic (exact) mass is 307 g/mol. The Labute approximate surface area is 117 Å². The molecule has 0 spiro atoms. The number of rotatable bonds is 2. The topological polar surface area (TPSA) is 53.0 Å². The minimum absolute atomic E-state index is 0.356. The summed E-state index contributed by atoms with van der Waals surface area (Å²) in [5, 5.41) is 9.21. The molecule has 0 amide bonds. The van der Waals surface area contributed by atoms with Crippen molar-refractivity contribution in [3.05, 3.63) is 28.2 Å². The largest absolute Gasteiger partial charge is 0.371 e. The van der Waals surface area contributed by atoms with E-state index < -0.39 is 0 Å². The maximum atomic E-state index is 9.21. The van der Waals surface area contributed by atoms with E-state index in [1.54, 1.807) is 0 Å². The van der Waals surface area contributed by atoms with E-state index in [4.69, 9.17) is 5.73 Å². The molecule has 0 aliphatic heterocycles. The molecule has 0 saturated heterocycles. The highest BCUT2D eigenvalue weighted by atomic mass is 79.9. The van der Waals surface area contributed by atoms with Gasteiger partial charge in [-0.25, -0.2) is 0 Å². The zero-order valence-electron chi connectivity index (χ0n) is 10.6. The lowest BCUT2D eigenvalue weighted by atomic mass is 9.90.